The van der Waals surface area contributed by atoms with Gasteiger partial charge in [0.25, 0.3) is 0 Å². The number of nitrogens with zero attached hydrogens (tertiary/aromatic N) is 1. The van der Waals surface area contributed by atoms with Crippen LogP contribution in [0.25, 0.3) is 0 Å². The lowest BCUT2D eigenvalue weighted by molar-refractivity contribution is 0.322. The number of hydrogen-bond acceptors (Lipinski definition) is 4. The van der Waals surface area contributed by atoms with Crippen molar-refractivity contribution >= 4 is 29.9 Å². The maximum absolute atomic E-state index is 5.53. The van der Waals surface area contributed by atoms with Gasteiger partial charge >= 0.3 is 0 Å². The van der Waals surface area contributed by atoms with Gasteiger partial charge in [0.2, 0.25) is 5.75 Å². The molecule has 0 atom stereocenters. The third-order valence-electron chi connectivity index (χ3n) is 3.84. The molecule has 0 aliphatic rings. The van der Waals surface area contributed by atoms with E-state index in [0.29, 0.717) is 30.3 Å². The fraction of sp³-hybridized carbons (Fsp3) is 0.350. The zero-order chi connectivity index (χ0) is 18.8. The largest absolute Gasteiger partial charge is 0.493 e. The predicted octanol–water partition coefficient (Wildman–Crippen LogP) is 3.59. The molecule has 0 bridgehead atoms. The van der Waals surface area contributed by atoms with E-state index >= 15 is 0 Å². The van der Waals surface area contributed by atoms with Crippen LogP contribution in [0.1, 0.15) is 18.1 Å². The molecule has 0 fully saturated rings. The molecule has 7 heteroatoms. The average molecular weight is 485 g/mol. The smallest absolute Gasteiger partial charge is 0.203 e. The maximum Gasteiger partial charge on any atom is 0.203 e. The number of guanidine groups is 1. The first-order valence-electron chi connectivity index (χ1n) is 8.57. The van der Waals surface area contributed by atoms with Gasteiger partial charge in [0.05, 0.1) is 27.9 Å². The number of nitrogens with one attached hydrogen (secondary N) is 2. The second-order valence-corrected chi connectivity index (χ2v) is 5.53. The molecule has 0 aliphatic heterocycles. The van der Waals surface area contributed by atoms with Crippen molar-refractivity contribution in [3.63, 3.8) is 0 Å². The molecule has 2 rings (SSSR count). The summed E-state index contributed by atoms with van der Waals surface area (Å²) >= 11 is 0. The van der Waals surface area contributed by atoms with Gasteiger partial charge < -0.3 is 24.8 Å². The number of halogens is 1. The molecule has 0 radical (unpaired) electrons. The van der Waals surface area contributed by atoms with Gasteiger partial charge in [-0.2, -0.15) is 0 Å². The third kappa shape index (κ3) is 6.50. The molecule has 2 aromatic rings. The lowest BCUT2D eigenvalue weighted by atomic mass is 10.1. The first kappa shape index (κ1) is 22.9. The molecule has 0 aliphatic carbocycles. The highest BCUT2D eigenvalue weighted by molar-refractivity contribution is 14.0. The van der Waals surface area contributed by atoms with E-state index < -0.39 is 0 Å². The summed E-state index contributed by atoms with van der Waals surface area (Å²) in [5.74, 6) is 2.62. The topological polar surface area (TPSA) is 64.1 Å². The fourth-order valence-electron chi connectivity index (χ4n) is 2.58. The Hall–Kier alpha value is -2.16. The van der Waals surface area contributed by atoms with Crippen molar-refractivity contribution in [1.82, 2.24) is 10.6 Å². The van der Waals surface area contributed by atoms with Crippen LogP contribution in [-0.4, -0.2) is 33.8 Å². The molecule has 27 heavy (non-hydrogen) atoms. The highest BCUT2D eigenvalue weighted by atomic mass is 127. The second kappa shape index (κ2) is 12.3. The van der Waals surface area contributed by atoms with Gasteiger partial charge in [0, 0.05) is 18.7 Å². The SMILES string of the molecule is CCNC(=NCc1ccccc1)NCc1ccc(OC)c(OC)c1OC.I. The van der Waals surface area contributed by atoms with Crippen molar-refractivity contribution in [2.45, 2.75) is 20.0 Å². The quantitative estimate of drug-likeness (QED) is 0.340. The summed E-state index contributed by atoms with van der Waals surface area (Å²) in [6.45, 7) is 3.98. The summed E-state index contributed by atoms with van der Waals surface area (Å²) in [6, 6.07) is 14.0. The normalized spacial score (nSPS) is 10.6. The summed E-state index contributed by atoms with van der Waals surface area (Å²) in [4.78, 5) is 4.63. The molecule has 2 aromatic carbocycles. The van der Waals surface area contributed by atoms with Crippen LogP contribution in [-0.2, 0) is 13.1 Å². The molecule has 6 nitrogen and oxygen atoms in total. The van der Waals surface area contributed by atoms with Gasteiger partial charge in [-0.25, -0.2) is 4.99 Å². The molecular formula is C20H28IN3O3. The Morgan fingerprint density at radius 1 is 0.889 bits per heavy atom. The molecule has 0 heterocycles. The fourth-order valence-corrected chi connectivity index (χ4v) is 2.58. The van der Waals surface area contributed by atoms with Crippen LogP contribution in [0, 0.1) is 0 Å². The van der Waals surface area contributed by atoms with Crippen molar-refractivity contribution in [3.8, 4) is 17.2 Å². The summed E-state index contributed by atoms with van der Waals surface area (Å²) in [6.07, 6.45) is 0. The van der Waals surface area contributed by atoms with Crippen LogP contribution in [0.5, 0.6) is 17.2 Å². The van der Waals surface area contributed by atoms with Gasteiger partial charge in [0.15, 0.2) is 17.5 Å². The van der Waals surface area contributed by atoms with Crippen LogP contribution in [0.3, 0.4) is 0 Å². The Bertz CT molecular complexity index is 724. The Labute approximate surface area is 178 Å². The molecular weight excluding hydrogens is 457 g/mol. The lowest BCUT2D eigenvalue weighted by Crippen LogP contribution is -2.36. The Morgan fingerprint density at radius 2 is 1.59 bits per heavy atom. The van der Waals surface area contributed by atoms with E-state index in [-0.39, 0.29) is 24.0 Å². The number of benzene rings is 2. The van der Waals surface area contributed by atoms with E-state index in [0.717, 1.165) is 23.6 Å². The molecule has 0 spiro atoms. The van der Waals surface area contributed by atoms with E-state index in [4.69, 9.17) is 14.2 Å². The van der Waals surface area contributed by atoms with Gasteiger partial charge in [-0.05, 0) is 24.6 Å². The average Bonchev–Trinajstić information content (AvgIpc) is 2.69. The third-order valence-corrected chi connectivity index (χ3v) is 3.84. The highest BCUT2D eigenvalue weighted by Crippen LogP contribution is 2.39. The summed E-state index contributed by atoms with van der Waals surface area (Å²) in [7, 11) is 4.83. The summed E-state index contributed by atoms with van der Waals surface area (Å²) in [5.41, 5.74) is 2.11. The van der Waals surface area contributed by atoms with Gasteiger partial charge in [-0.3, -0.25) is 0 Å². The number of rotatable bonds is 8. The predicted molar refractivity (Wildman–Crippen MR) is 120 cm³/mol. The van der Waals surface area contributed by atoms with E-state index in [1.54, 1.807) is 21.3 Å². The van der Waals surface area contributed by atoms with Gasteiger partial charge in [0.1, 0.15) is 0 Å². The van der Waals surface area contributed by atoms with Crippen LogP contribution in [0.4, 0.5) is 0 Å². The zero-order valence-electron chi connectivity index (χ0n) is 16.2. The molecule has 0 unspecified atom stereocenters. The zero-order valence-corrected chi connectivity index (χ0v) is 18.6. The van der Waals surface area contributed by atoms with Crippen LogP contribution in [0.2, 0.25) is 0 Å². The summed E-state index contributed by atoms with van der Waals surface area (Å²) in [5, 5.41) is 6.59. The standard InChI is InChI=1S/C20H27N3O3.HI/c1-5-21-20(22-13-15-9-7-6-8-10-15)23-14-16-11-12-17(24-2)19(26-4)18(16)25-3;/h6-12H,5,13-14H2,1-4H3,(H2,21,22,23);1H. The molecule has 148 valence electrons. The van der Waals surface area contributed by atoms with Crippen molar-refractivity contribution in [2.75, 3.05) is 27.9 Å². The highest BCUT2D eigenvalue weighted by Gasteiger charge is 2.15. The number of hydrogen-bond donors (Lipinski definition) is 2. The van der Waals surface area contributed by atoms with E-state index in [9.17, 15) is 0 Å². The number of ether oxygens (including phenoxy) is 3. The maximum atomic E-state index is 5.53. The van der Waals surface area contributed by atoms with E-state index in [2.05, 4.69) is 27.8 Å². The Balaban J connectivity index is 0.00000364. The molecule has 0 saturated heterocycles. The van der Waals surface area contributed by atoms with Crippen molar-refractivity contribution < 1.29 is 14.2 Å². The minimum Gasteiger partial charge on any atom is -0.493 e. The van der Waals surface area contributed by atoms with Crippen molar-refractivity contribution in [3.05, 3.63) is 53.6 Å². The molecule has 0 saturated carbocycles. The van der Waals surface area contributed by atoms with Crippen LogP contribution >= 0.6 is 24.0 Å². The Morgan fingerprint density at radius 3 is 2.19 bits per heavy atom. The number of methoxy groups -OCH3 is 3. The van der Waals surface area contributed by atoms with E-state index in [1.165, 1.54) is 0 Å². The van der Waals surface area contributed by atoms with Crippen molar-refractivity contribution in [2.24, 2.45) is 4.99 Å². The first-order valence-corrected chi connectivity index (χ1v) is 8.57. The molecule has 0 amide bonds. The minimum atomic E-state index is 0. The van der Waals surface area contributed by atoms with E-state index in [1.807, 2.05) is 37.3 Å². The molecule has 0 aromatic heterocycles. The summed E-state index contributed by atoms with van der Waals surface area (Å²) < 4.78 is 16.3. The van der Waals surface area contributed by atoms with Crippen LogP contribution < -0.4 is 24.8 Å². The number of aliphatic imine (C=N–C) groups is 1. The minimum absolute atomic E-state index is 0. The van der Waals surface area contributed by atoms with Gasteiger partial charge in [-0.1, -0.05) is 30.3 Å². The van der Waals surface area contributed by atoms with Crippen LogP contribution in [0.15, 0.2) is 47.5 Å². The first-order chi connectivity index (χ1) is 12.7. The lowest BCUT2D eigenvalue weighted by Gasteiger charge is -2.17. The molecule has 2 N–H and O–H groups in total. The second-order valence-electron chi connectivity index (χ2n) is 5.53. The van der Waals surface area contributed by atoms with Crippen molar-refractivity contribution in [1.29, 1.82) is 0 Å². The Kier molecular flexibility index (Phi) is 10.4. The van der Waals surface area contributed by atoms with Gasteiger partial charge in [-0.15, -0.1) is 24.0 Å². The monoisotopic (exact) mass is 485 g/mol.